The zero-order valence-electron chi connectivity index (χ0n) is 15.8. The average molecular weight is 424 g/mol. The van der Waals surface area contributed by atoms with Crippen LogP contribution in [-0.2, 0) is 22.7 Å². The summed E-state index contributed by atoms with van der Waals surface area (Å²) in [6.45, 7) is 1.64. The van der Waals surface area contributed by atoms with Gasteiger partial charge < -0.3 is 16.0 Å². The predicted molar refractivity (Wildman–Crippen MR) is 108 cm³/mol. The molecule has 2 aromatic rings. The summed E-state index contributed by atoms with van der Waals surface area (Å²) in [6.07, 6.45) is 0.628. The second-order valence-corrected chi connectivity index (χ2v) is 7.10. The molecule has 1 saturated heterocycles. The number of rotatable bonds is 7. The van der Waals surface area contributed by atoms with Crippen LogP contribution in [0.15, 0.2) is 48.5 Å². The summed E-state index contributed by atoms with van der Waals surface area (Å²) in [5, 5.41) is 8.81. The molecule has 2 amide bonds. The minimum atomic E-state index is -0.813. The molecule has 3 N–H and O–H groups in total. The molecule has 0 spiro atoms. The minimum absolute atomic E-state index is 0. The first-order valence-electron chi connectivity index (χ1n) is 9.21. The Kier molecular flexibility index (Phi) is 8.10. The van der Waals surface area contributed by atoms with Crippen molar-refractivity contribution in [3.05, 3.63) is 71.3 Å². The van der Waals surface area contributed by atoms with E-state index in [9.17, 15) is 18.4 Å². The molecular formula is C21H24ClF2N3O2. The molecule has 0 saturated carbocycles. The molecule has 1 unspecified atom stereocenters. The number of benzene rings is 2. The van der Waals surface area contributed by atoms with E-state index in [4.69, 9.17) is 0 Å². The van der Waals surface area contributed by atoms with Gasteiger partial charge in [0.25, 0.3) is 0 Å². The van der Waals surface area contributed by atoms with E-state index >= 15 is 0 Å². The van der Waals surface area contributed by atoms with Gasteiger partial charge in [0.1, 0.15) is 11.6 Å². The predicted octanol–water partition coefficient (Wildman–Crippen LogP) is 2.69. The Balaban J connectivity index is 0.00000300. The van der Waals surface area contributed by atoms with Crippen molar-refractivity contribution in [3.8, 4) is 0 Å². The van der Waals surface area contributed by atoms with E-state index in [0.29, 0.717) is 19.5 Å². The van der Waals surface area contributed by atoms with Gasteiger partial charge in [0.2, 0.25) is 11.8 Å². The molecule has 156 valence electrons. The molecule has 3 rings (SSSR count). The molecule has 0 radical (unpaired) electrons. The van der Waals surface area contributed by atoms with Gasteiger partial charge in [-0.2, -0.15) is 0 Å². The second-order valence-electron chi connectivity index (χ2n) is 7.10. The topological polar surface area (TPSA) is 70.2 Å². The first-order valence-corrected chi connectivity index (χ1v) is 9.21. The lowest BCUT2D eigenvalue weighted by molar-refractivity contribution is -0.135. The van der Waals surface area contributed by atoms with Crippen LogP contribution in [0.25, 0.3) is 0 Å². The zero-order valence-corrected chi connectivity index (χ0v) is 16.7. The van der Waals surface area contributed by atoms with Crippen LogP contribution in [0.3, 0.4) is 0 Å². The van der Waals surface area contributed by atoms with Gasteiger partial charge >= 0.3 is 0 Å². The van der Waals surface area contributed by atoms with Crippen LogP contribution >= 0.6 is 12.4 Å². The summed E-state index contributed by atoms with van der Waals surface area (Å²) in [6, 6.07) is 11.8. The van der Waals surface area contributed by atoms with Gasteiger partial charge in [0.05, 0.1) is 5.41 Å². The molecular weight excluding hydrogens is 400 g/mol. The first kappa shape index (κ1) is 22.8. The maximum absolute atomic E-state index is 13.0. The van der Waals surface area contributed by atoms with Crippen molar-refractivity contribution in [1.29, 1.82) is 0 Å². The monoisotopic (exact) mass is 423 g/mol. The van der Waals surface area contributed by atoms with Gasteiger partial charge in [-0.3, -0.25) is 9.59 Å². The third-order valence-electron chi connectivity index (χ3n) is 4.99. The lowest BCUT2D eigenvalue weighted by Gasteiger charge is -2.26. The largest absolute Gasteiger partial charge is 0.352 e. The summed E-state index contributed by atoms with van der Waals surface area (Å²) >= 11 is 0. The van der Waals surface area contributed by atoms with Gasteiger partial charge in [-0.1, -0.05) is 24.3 Å². The molecule has 0 aliphatic carbocycles. The van der Waals surface area contributed by atoms with Crippen LogP contribution in [0.2, 0.25) is 0 Å². The molecule has 0 bridgehead atoms. The molecule has 1 aliphatic heterocycles. The molecule has 8 heteroatoms. The highest BCUT2D eigenvalue weighted by Gasteiger charge is 2.42. The van der Waals surface area contributed by atoms with Gasteiger partial charge in [-0.05, 0) is 48.4 Å². The fraction of sp³-hybridized carbons (Fsp3) is 0.333. The van der Waals surface area contributed by atoms with E-state index in [1.807, 2.05) is 0 Å². The SMILES string of the molecule is Cl.O=C(CC1(C(=O)NCc2ccc(F)cc2)CCNC1)NCc1ccc(F)cc1. The normalized spacial score (nSPS) is 18.0. The number of carbonyl (C=O) groups excluding carboxylic acids is 2. The van der Waals surface area contributed by atoms with Crippen LogP contribution in [0.5, 0.6) is 0 Å². The highest BCUT2D eigenvalue weighted by molar-refractivity contribution is 5.89. The Morgan fingerprint density at radius 1 is 0.897 bits per heavy atom. The number of hydrogen-bond acceptors (Lipinski definition) is 3. The number of nitrogens with one attached hydrogen (secondary N) is 3. The van der Waals surface area contributed by atoms with Crippen molar-refractivity contribution >= 4 is 24.2 Å². The van der Waals surface area contributed by atoms with Gasteiger partial charge in [-0.25, -0.2) is 8.78 Å². The van der Waals surface area contributed by atoms with Gasteiger partial charge in [0.15, 0.2) is 0 Å². The number of hydrogen-bond donors (Lipinski definition) is 3. The zero-order chi connectivity index (χ0) is 20.0. The Hall–Kier alpha value is -2.51. The van der Waals surface area contributed by atoms with E-state index in [2.05, 4.69) is 16.0 Å². The Labute approximate surface area is 174 Å². The van der Waals surface area contributed by atoms with Crippen molar-refractivity contribution in [2.24, 2.45) is 5.41 Å². The summed E-state index contributed by atoms with van der Waals surface area (Å²) in [7, 11) is 0. The number of halogens is 3. The Morgan fingerprint density at radius 3 is 1.90 bits per heavy atom. The van der Waals surface area contributed by atoms with Crippen molar-refractivity contribution in [3.63, 3.8) is 0 Å². The van der Waals surface area contributed by atoms with E-state index < -0.39 is 5.41 Å². The second kappa shape index (κ2) is 10.3. The van der Waals surface area contributed by atoms with Crippen LogP contribution < -0.4 is 16.0 Å². The molecule has 5 nitrogen and oxygen atoms in total. The molecule has 0 aromatic heterocycles. The maximum Gasteiger partial charge on any atom is 0.228 e. The number of amides is 2. The molecule has 1 heterocycles. The van der Waals surface area contributed by atoms with Crippen LogP contribution in [0.1, 0.15) is 24.0 Å². The van der Waals surface area contributed by atoms with Gasteiger partial charge in [0, 0.05) is 26.1 Å². The van der Waals surface area contributed by atoms with Crippen LogP contribution in [0.4, 0.5) is 8.78 Å². The standard InChI is InChI=1S/C21H23F2N3O2.ClH/c22-17-5-1-15(2-6-17)12-25-19(27)11-21(9-10-24-14-21)20(28)26-13-16-3-7-18(23)8-4-16;/h1-8,24H,9-14H2,(H,25,27)(H,26,28);1H. The summed E-state index contributed by atoms with van der Waals surface area (Å²) < 4.78 is 25.9. The quantitative estimate of drug-likeness (QED) is 0.641. The van der Waals surface area contributed by atoms with Crippen molar-refractivity contribution < 1.29 is 18.4 Å². The van der Waals surface area contributed by atoms with Gasteiger partial charge in [-0.15, -0.1) is 12.4 Å². The Bertz CT molecular complexity index is 823. The number of carbonyl (C=O) groups is 2. The van der Waals surface area contributed by atoms with Crippen molar-refractivity contribution in [2.45, 2.75) is 25.9 Å². The van der Waals surface area contributed by atoms with Crippen molar-refractivity contribution in [2.75, 3.05) is 13.1 Å². The maximum atomic E-state index is 13.0. The third-order valence-corrected chi connectivity index (χ3v) is 4.99. The smallest absolute Gasteiger partial charge is 0.228 e. The first-order chi connectivity index (χ1) is 13.5. The summed E-state index contributed by atoms with van der Waals surface area (Å²) in [5.74, 6) is -1.09. The fourth-order valence-corrected chi connectivity index (χ4v) is 3.31. The Morgan fingerprint density at radius 2 is 1.41 bits per heavy atom. The third kappa shape index (κ3) is 6.24. The van der Waals surface area contributed by atoms with Crippen LogP contribution in [-0.4, -0.2) is 24.9 Å². The van der Waals surface area contributed by atoms with E-state index in [-0.39, 0.29) is 55.4 Å². The molecule has 29 heavy (non-hydrogen) atoms. The average Bonchev–Trinajstić information content (AvgIpc) is 3.16. The summed E-state index contributed by atoms with van der Waals surface area (Å²) in [4.78, 5) is 25.2. The highest BCUT2D eigenvalue weighted by atomic mass is 35.5. The minimum Gasteiger partial charge on any atom is -0.352 e. The fourth-order valence-electron chi connectivity index (χ4n) is 3.31. The lowest BCUT2D eigenvalue weighted by Crippen LogP contribution is -2.45. The van der Waals surface area contributed by atoms with Crippen LogP contribution in [0, 0.1) is 17.0 Å². The van der Waals surface area contributed by atoms with Crippen molar-refractivity contribution in [1.82, 2.24) is 16.0 Å². The van der Waals surface area contributed by atoms with E-state index in [1.165, 1.54) is 24.3 Å². The molecule has 1 fully saturated rings. The summed E-state index contributed by atoms with van der Waals surface area (Å²) in [5.41, 5.74) is 0.762. The van der Waals surface area contributed by atoms with E-state index in [1.54, 1.807) is 24.3 Å². The molecule has 2 aromatic carbocycles. The lowest BCUT2D eigenvalue weighted by atomic mass is 9.82. The molecule has 1 aliphatic rings. The molecule has 1 atom stereocenters. The highest BCUT2D eigenvalue weighted by Crippen LogP contribution is 2.30. The van der Waals surface area contributed by atoms with E-state index in [0.717, 1.165) is 11.1 Å².